The molecule has 0 aromatic heterocycles. The molecule has 64 heavy (non-hydrogen) atoms. The first kappa shape index (κ1) is 48.7. The lowest BCUT2D eigenvalue weighted by Gasteiger charge is -2.63. The molecular formula is C56H96O8. The van der Waals surface area contributed by atoms with Gasteiger partial charge in [0.25, 0.3) is 0 Å². The first-order valence-corrected chi connectivity index (χ1v) is 27.8. The van der Waals surface area contributed by atoms with Crippen LogP contribution < -0.4 is 0 Å². The Morgan fingerprint density at radius 1 is 0.391 bits per heavy atom. The maximum absolute atomic E-state index is 12.2. The number of aliphatic hydroxyl groups excluding tert-OH is 4. The van der Waals surface area contributed by atoms with Gasteiger partial charge in [0.15, 0.2) is 0 Å². The summed E-state index contributed by atoms with van der Waals surface area (Å²) >= 11 is 0. The van der Waals surface area contributed by atoms with E-state index in [1.54, 1.807) is 0 Å². The fraction of sp³-hybridized carbons (Fsp3) is 1.00. The van der Waals surface area contributed by atoms with Crippen molar-refractivity contribution in [3.05, 3.63) is 0 Å². The van der Waals surface area contributed by atoms with Crippen LogP contribution in [0.1, 0.15) is 183 Å². The number of aliphatic hydroxyl groups is 4. The third kappa shape index (κ3) is 8.69. The van der Waals surface area contributed by atoms with Gasteiger partial charge < -0.3 is 39.4 Å². The summed E-state index contributed by atoms with van der Waals surface area (Å²) in [5.41, 5.74) is 0.0713. The Hall–Kier alpha value is -0.320. The highest BCUT2D eigenvalue weighted by Gasteiger charge is 2.67. The summed E-state index contributed by atoms with van der Waals surface area (Å²) in [6, 6.07) is 0. The van der Waals surface area contributed by atoms with Crippen LogP contribution in [0.5, 0.6) is 0 Å². The Balaban J connectivity index is 0.822. The van der Waals surface area contributed by atoms with Crippen LogP contribution in [0.4, 0.5) is 0 Å². The summed E-state index contributed by atoms with van der Waals surface area (Å²) in [6.45, 7) is 19.4. The molecule has 0 radical (unpaired) electrons. The van der Waals surface area contributed by atoms with Gasteiger partial charge in [0.05, 0.1) is 36.6 Å². The van der Waals surface area contributed by atoms with Gasteiger partial charge in [-0.3, -0.25) is 0 Å². The molecule has 16 fully saturated rings. The lowest BCUT2D eigenvalue weighted by Crippen LogP contribution is -2.62. The van der Waals surface area contributed by atoms with Crippen LogP contribution in [0.15, 0.2) is 0 Å². The molecule has 0 aromatic rings. The molecule has 8 saturated carbocycles. The van der Waals surface area contributed by atoms with Crippen LogP contribution in [-0.4, -0.2) is 96.7 Å². The minimum Gasteiger partial charge on any atom is -0.393 e. The van der Waals surface area contributed by atoms with Crippen molar-refractivity contribution in [3.8, 4) is 0 Å². The van der Waals surface area contributed by atoms with E-state index in [2.05, 4.69) is 41.5 Å². The van der Waals surface area contributed by atoms with E-state index in [1.165, 1.54) is 12.8 Å². The van der Waals surface area contributed by atoms with E-state index in [0.29, 0.717) is 71.0 Å². The summed E-state index contributed by atoms with van der Waals surface area (Å²) in [6.07, 6.45) is 22.5. The number of hydrogen-bond acceptors (Lipinski definition) is 8. The fourth-order valence-corrected chi connectivity index (χ4v) is 19.3. The summed E-state index contributed by atoms with van der Waals surface area (Å²) in [4.78, 5) is 0. The molecule has 4 N–H and O–H groups in total. The second-order valence-electron chi connectivity index (χ2n) is 25.6. The fourth-order valence-electron chi connectivity index (χ4n) is 19.3. The Morgan fingerprint density at radius 2 is 0.766 bits per heavy atom. The van der Waals surface area contributed by atoms with Gasteiger partial charge in [0.1, 0.15) is 0 Å². The Morgan fingerprint density at radius 3 is 1.19 bits per heavy atom. The van der Waals surface area contributed by atoms with Gasteiger partial charge in [-0.15, -0.1) is 0 Å². The van der Waals surface area contributed by atoms with Crippen molar-refractivity contribution in [1.29, 1.82) is 0 Å². The molecule has 16 rings (SSSR count). The van der Waals surface area contributed by atoms with E-state index in [-0.39, 0.29) is 58.3 Å². The van der Waals surface area contributed by atoms with Crippen molar-refractivity contribution in [2.45, 2.75) is 219 Å². The molecular weight excluding hydrogens is 801 g/mol. The smallest absolute Gasteiger partial charge is 0.0602 e. The van der Waals surface area contributed by atoms with Crippen molar-refractivity contribution in [3.63, 3.8) is 0 Å². The van der Waals surface area contributed by atoms with E-state index in [1.807, 2.05) is 0 Å². The maximum atomic E-state index is 12.2. The molecule has 8 heteroatoms. The molecule has 8 heterocycles. The van der Waals surface area contributed by atoms with Gasteiger partial charge in [-0.25, -0.2) is 0 Å². The maximum Gasteiger partial charge on any atom is 0.0602 e. The first-order valence-electron chi connectivity index (χ1n) is 27.8. The normalized spacial score (nSPS) is 54.8. The van der Waals surface area contributed by atoms with Gasteiger partial charge >= 0.3 is 0 Å². The van der Waals surface area contributed by atoms with Crippen LogP contribution in [0, 0.1) is 92.7 Å². The molecule has 16 bridgehead atoms. The summed E-state index contributed by atoms with van der Waals surface area (Å²) in [5.74, 6) is 5.11. The standard InChI is InChI=1S/C56H96O8/c1-35-13-11-25-61-23-7-9-27-63-40-20-22-54(4)38(30-40)32-48(58)52-44-18-16-42(56(44,6)50(60)34-46(52)54)36(2)14-12-26-62-24-8-10-28-64-39-19-21-53(3)37(29-39)31-47(57)51-43-17-15-41(35)55(43,5)49(59)33-45(51)53/h35-52,57-60H,7-34H2,1-6H3/t35-,36-,37+,38+,39-,40-,41-,42-,43+,44+,45+,46+,47-,48-,49+,50+,51+,52+,53+,54+,55-,56-/m1/s1. The first-order chi connectivity index (χ1) is 30.7. The molecule has 0 amide bonds. The zero-order valence-electron chi connectivity index (χ0n) is 41.6. The average Bonchev–Trinajstić information content (AvgIpc) is 3.82. The van der Waals surface area contributed by atoms with Gasteiger partial charge in [0.2, 0.25) is 0 Å². The van der Waals surface area contributed by atoms with E-state index in [0.717, 1.165) is 168 Å². The van der Waals surface area contributed by atoms with Gasteiger partial charge in [0, 0.05) is 39.6 Å². The van der Waals surface area contributed by atoms with Crippen LogP contribution in [-0.2, 0) is 18.9 Å². The highest BCUT2D eigenvalue weighted by molar-refractivity contribution is 5.16. The van der Waals surface area contributed by atoms with E-state index >= 15 is 0 Å². The number of rotatable bonds is 0. The summed E-state index contributed by atoms with van der Waals surface area (Å²) in [7, 11) is 0. The quantitative estimate of drug-likeness (QED) is 0.190. The zero-order chi connectivity index (χ0) is 45.0. The molecule has 16 aliphatic rings. The molecule has 0 unspecified atom stereocenters. The molecule has 8 nitrogen and oxygen atoms in total. The van der Waals surface area contributed by atoms with Crippen molar-refractivity contribution in [2.24, 2.45) is 92.7 Å². The van der Waals surface area contributed by atoms with Crippen LogP contribution in [0.25, 0.3) is 0 Å². The van der Waals surface area contributed by atoms with Gasteiger partial charge in [-0.05, 0) is 234 Å². The SMILES string of the molecule is C[C@@H]1CCCOCCCCO[C@@H]2CC[C@@]3(C)[C@@H](C2)C[C@@H](O)[C@@H]2[C@@H]3C[C@H](O)[C@]3(C)[C@H](CC[C@@H]23)[C@H](C)CCCOCCCCO[C@@H]2CC[C@@]3(C)[C@@H](C2)C[C@@H](O)[C@@H]2[C@@H]3C[C@H](O)[C@]3(C)[C@@H]1CC[C@@H]23. The average molecular weight is 897 g/mol. The second kappa shape index (κ2) is 19.8. The lowest BCUT2D eigenvalue weighted by atomic mass is 9.43. The third-order valence-corrected chi connectivity index (χ3v) is 23.0. The van der Waals surface area contributed by atoms with Crippen LogP contribution in [0.3, 0.4) is 0 Å². The van der Waals surface area contributed by atoms with Crippen molar-refractivity contribution in [1.82, 2.24) is 0 Å². The van der Waals surface area contributed by atoms with E-state index in [9.17, 15) is 20.4 Å². The van der Waals surface area contributed by atoms with Crippen molar-refractivity contribution < 1.29 is 39.4 Å². The minimum atomic E-state index is -0.303. The van der Waals surface area contributed by atoms with Crippen molar-refractivity contribution in [2.75, 3.05) is 39.6 Å². The molecule has 0 spiro atoms. The Kier molecular flexibility index (Phi) is 15.1. The molecule has 8 aliphatic heterocycles. The molecule has 8 saturated heterocycles. The summed E-state index contributed by atoms with van der Waals surface area (Å²) in [5, 5.41) is 48.4. The predicted octanol–water partition coefficient (Wildman–Crippen LogP) is 10.4. The van der Waals surface area contributed by atoms with E-state index < -0.39 is 0 Å². The number of ether oxygens (including phenoxy) is 4. The number of hydrogen-bond donors (Lipinski definition) is 4. The Labute approximate surface area is 389 Å². The van der Waals surface area contributed by atoms with Crippen LogP contribution in [0.2, 0.25) is 0 Å². The monoisotopic (exact) mass is 897 g/mol. The molecule has 8 aliphatic carbocycles. The van der Waals surface area contributed by atoms with E-state index in [4.69, 9.17) is 18.9 Å². The topological polar surface area (TPSA) is 118 Å². The molecule has 22 atom stereocenters. The molecule has 368 valence electrons. The van der Waals surface area contributed by atoms with Gasteiger partial charge in [-0.2, -0.15) is 0 Å². The van der Waals surface area contributed by atoms with Crippen molar-refractivity contribution >= 4 is 0 Å². The van der Waals surface area contributed by atoms with Gasteiger partial charge in [-0.1, -0.05) is 41.5 Å². The zero-order valence-corrected chi connectivity index (χ0v) is 41.6. The van der Waals surface area contributed by atoms with Crippen LogP contribution >= 0.6 is 0 Å². The lowest BCUT2D eigenvalue weighted by molar-refractivity contribution is -0.209. The minimum absolute atomic E-state index is 0.126. The predicted molar refractivity (Wildman–Crippen MR) is 252 cm³/mol. The summed E-state index contributed by atoms with van der Waals surface area (Å²) < 4.78 is 25.6. The Bertz CT molecular complexity index is 1420. The largest absolute Gasteiger partial charge is 0.393 e. The highest BCUT2D eigenvalue weighted by atomic mass is 16.5. The highest BCUT2D eigenvalue weighted by Crippen LogP contribution is 2.70. The second-order valence-corrected chi connectivity index (χ2v) is 25.6. The third-order valence-electron chi connectivity index (χ3n) is 23.0. The molecule has 0 aromatic carbocycles.